The zero-order valence-electron chi connectivity index (χ0n) is 19.5. The van der Waals surface area contributed by atoms with Gasteiger partial charge in [-0.25, -0.2) is 0 Å². The molecule has 1 unspecified atom stereocenters. The van der Waals surface area contributed by atoms with E-state index in [1.165, 1.54) is 11.1 Å². The second kappa shape index (κ2) is 13.0. The first kappa shape index (κ1) is 24.8. The van der Waals surface area contributed by atoms with E-state index in [-0.39, 0.29) is 19.4 Å². The summed E-state index contributed by atoms with van der Waals surface area (Å²) < 4.78 is 11.8. The molecule has 1 saturated heterocycles. The molecule has 178 valence electrons. The standard InChI is InChI=1S/C27H35NO5/c1-2-21-8-7-9-22(18-21)12-13-23-10-3-4-11-25(23)32-20-24(19-28-16-5-6-17-28)33-27(31)15-14-26(29)30/h3-4,7-11,18,24H,2,5-6,12-17,19-20H2,1H3,(H,29,30). The van der Waals surface area contributed by atoms with Gasteiger partial charge in [0.15, 0.2) is 0 Å². The number of hydrogen-bond donors (Lipinski definition) is 1. The van der Waals surface area contributed by atoms with E-state index in [0.717, 1.165) is 56.5 Å². The molecule has 2 aromatic rings. The number of nitrogens with zero attached hydrogens (tertiary/aromatic N) is 1. The van der Waals surface area contributed by atoms with Crippen LogP contribution in [0.4, 0.5) is 0 Å². The Kier molecular flexibility index (Phi) is 9.76. The zero-order valence-corrected chi connectivity index (χ0v) is 19.5. The van der Waals surface area contributed by atoms with Gasteiger partial charge in [-0.3, -0.25) is 14.5 Å². The quantitative estimate of drug-likeness (QED) is 0.456. The van der Waals surface area contributed by atoms with Crippen LogP contribution in [0.3, 0.4) is 0 Å². The van der Waals surface area contributed by atoms with Gasteiger partial charge in [-0.1, -0.05) is 49.4 Å². The van der Waals surface area contributed by atoms with Crippen LogP contribution in [0.15, 0.2) is 48.5 Å². The lowest BCUT2D eigenvalue weighted by atomic mass is 10.0. The molecule has 6 heteroatoms. The smallest absolute Gasteiger partial charge is 0.306 e. The van der Waals surface area contributed by atoms with Crippen molar-refractivity contribution in [3.63, 3.8) is 0 Å². The van der Waals surface area contributed by atoms with Gasteiger partial charge in [-0.2, -0.15) is 0 Å². The molecular weight excluding hydrogens is 418 g/mol. The van der Waals surface area contributed by atoms with Crippen molar-refractivity contribution in [2.45, 2.75) is 58.0 Å². The van der Waals surface area contributed by atoms with Crippen molar-refractivity contribution in [1.29, 1.82) is 0 Å². The molecule has 2 aromatic carbocycles. The number of aryl methyl sites for hydroxylation is 3. The van der Waals surface area contributed by atoms with Gasteiger partial charge in [0.2, 0.25) is 0 Å². The second-order valence-corrected chi connectivity index (χ2v) is 8.61. The van der Waals surface area contributed by atoms with Gasteiger partial charge >= 0.3 is 11.9 Å². The van der Waals surface area contributed by atoms with Crippen LogP contribution in [0.2, 0.25) is 0 Å². The average Bonchev–Trinajstić information content (AvgIpc) is 3.33. The summed E-state index contributed by atoms with van der Waals surface area (Å²) in [5, 5.41) is 8.83. The van der Waals surface area contributed by atoms with Crippen LogP contribution in [0.5, 0.6) is 5.75 Å². The van der Waals surface area contributed by atoms with Crippen molar-refractivity contribution >= 4 is 11.9 Å². The van der Waals surface area contributed by atoms with E-state index < -0.39 is 18.0 Å². The highest BCUT2D eigenvalue weighted by atomic mass is 16.6. The Morgan fingerprint density at radius 3 is 2.52 bits per heavy atom. The van der Waals surface area contributed by atoms with Crippen LogP contribution in [-0.2, 0) is 33.6 Å². The number of benzene rings is 2. The largest absolute Gasteiger partial charge is 0.489 e. The molecule has 0 radical (unpaired) electrons. The lowest BCUT2D eigenvalue weighted by molar-refractivity contribution is -0.154. The van der Waals surface area contributed by atoms with E-state index in [0.29, 0.717) is 6.54 Å². The fourth-order valence-corrected chi connectivity index (χ4v) is 4.15. The van der Waals surface area contributed by atoms with E-state index in [4.69, 9.17) is 14.6 Å². The highest BCUT2D eigenvalue weighted by molar-refractivity contribution is 5.76. The van der Waals surface area contributed by atoms with Gasteiger partial charge in [0.25, 0.3) is 0 Å². The molecule has 1 heterocycles. The van der Waals surface area contributed by atoms with Gasteiger partial charge in [-0.05, 0) is 68.0 Å². The lowest BCUT2D eigenvalue weighted by Crippen LogP contribution is -2.37. The normalized spacial score (nSPS) is 14.7. The van der Waals surface area contributed by atoms with E-state index in [1.807, 2.05) is 18.2 Å². The second-order valence-electron chi connectivity index (χ2n) is 8.61. The molecule has 1 atom stereocenters. The molecule has 1 N–H and O–H groups in total. The van der Waals surface area contributed by atoms with E-state index in [2.05, 4.69) is 42.2 Å². The third-order valence-electron chi connectivity index (χ3n) is 5.98. The van der Waals surface area contributed by atoms with Crippen molar-refractivity contribution in [1.82, 2.24) is 4.90 Å². The molecule has 0 aromatic heterocycles. The number of carboxylic acids is 1. The number of carbonyl (C=O) groups excluding carboxylic acids is 1. The maximum Gasteiger partial charge on any atom is 0.306 e. The van der Waals surface area contributed by atoms with E-state index in [9.17, 15) is 9.59 Å². The van der Waals surface area contributed by atoms with Crippen LogP contribution in [0, 0.1) is 0 Å². The molecule has 6 nitrogen and oxygen atoms in total. The number of likely N-dealkylation sites (tertiary alicyclic amines) is 1. The predicted molar refractivity (Wildman–Crippen MR) is 128 cm³/mol. The Balaban J connectivity index is 1.60. The molecule has 1 aliphatic heterocycles. The Morgan fingerprint density at radius 1 is 1.00 bits per heavy atom. The van der Waals surface area contributed by atoms with Crippen molar-refractivity contribution in [2.75, 3.05) is 26.2 Å². The van der Waals surface area contributed by atoms with Gasteiger partial charge in [0, 0.05) is 6.54 Å². The Labute approximate surface area is 196 Å². The SMILES string of the molecule is CCc1cccc(CCc2ccccc2OCC(CN2CCCC2)OC(=O)CCC(=O)O)c1. The number of carboxylic acid groups (broad SMARTS) is 1. The summed E-state index contributed by atoms with van der Waals surface area (Å²) in [6.45, 7) is 4.98. The number of esters is 1. The van der Waals surface area contributed by atoms with E-state index >= 15 is 0 Å². The number of carbonyl (C=O) groups is 2. The third-order valence-corrected chi connectivity index (χ3v) is 5.98. The first-order chi connectivity index (χ1) is 16.0. The molecule has 0 aliphatic carbocycles. The molecule has 3 rings (SSSR count). The first-order valence-electron chi connectivity index (χ1n) is 12.0. The fourth-order valence-electron chi connectivity index (χ4n) is 4.15. The van der Waals surface area contributed by atoms with Crippen molar-refractivity contribution in [2.24, 2.45) is 0 Å². The van der Waals surface area contributed by atoms with Crippen LogP contribution >= 0.6 is 0 Å². The van der Waals surface area contributed by atoms with Crippen molar-refractivity contribution in [3.8, 4) is 5.75 Å². The number of rotatable bonds is 13. The topological polar surface area (TPSA) is 76.1 Å². The Hall–Kier alpha value is -2.86. The monoisotopic (exact) mass is 453 g/mol. The van der Waals surface area contributed by atoms with Crippen LogP contribution in [0.25, 0.3) is 0 Å². The fraction of sp³-hybridized carbons (Fsp3) is 0.481. The summed E-state index contributed by atoms with van der Waals surface area (Å²) >= 11 is 0. The minimum atomic E-state index is -1.00. The van der Waals surface area contributed by atoms with Crippen LogP contribution in [-0.4, -0.2) is 54.3 Å². The molecule has 0 bridgehead atoms. The molecule has 0 spiro atoms. The number of aliphatic carboxylic acids is 1. The number of hydrogen-bond acceptors (Lipinski definition) is 5. The molecular formula is C27H35NO5. The minimum Gasteiger partial charge on any atom is -0.489 e. The van der Waals surface area contributed by atoms with Gasteiger partial charge in [-0.15, -0.1) is 0 Å². The van der Waals surface area contributed by atoms with Gasteiger partial charge in [0.05, 0.1) is 12.8 Å². The van der Waals surface area contributed by atoms with Crippen LogP contribution < -0.4 is 4.74 Å². The van der Waals surface area contributed by atoms with Gasteiger partial charge in [0.1, 0.15) is 18.5 Å². The van der Waals surface area contributed by atoms with Crippen molar-refractivity contribution in [3.05, 3.63) is 65.2 Å². The summed E-state index contributed by atoms with van der Waals surface area (Å²) in [7, 11) is 0. The Bertz CT molecular complexity index is 907. The summed E-state index contributed by atoms with van der Waals surface area (Å²) in [6, 6.07) is 16.7. The van der Waals surface area contributed by atoms with E-state index in [1.54, 1.807) is 0 Å². The summed E-state index contributed by atoms with van der Waals surface area (Å²) in [5.74, 6) is -0.691. The number of ether oxygens (including phenoxy) is 2. The molecule has 0 saturated carbocycles. The highest BCUT2D eigenvalue weighted by Crippen LogP contribution is 2.21. The minimum absolute atomic E-state index is 0.126. The average molecular weight is 454 g/mol. The maximum atomic E-state index is 12.2. The molecule has 1 fully saturated rings. The third kappa shape index (κ3) is 8.54. The lowest BCUT2D eigenvalue weighted by Gasteiger charge is -2.24. The highest BCUT2D eigenvalue weighted by Gasteiger charge is 2.22. The summed E-state index contributed by atoms with van der Waals surface area (Å²) in [6.07, 6.45) is 4.31. The van der Waals surface area contributed by atoms with Crippen LogP contribution in [0.1, 0.15) is 49.3 Å². The zero-order chi connectivity index (χ0) is 23.5. The molecule has 0 amide bonds. The van der Waals surface area contributed by atoms with Gasteiger partial charge < -0.3 is 14.6 Å². The predicted octanol–water partition coefficient (Wildman–Crippen LogP) is 4.29. The molecule has 1 aliphatic rings. The number of para-hydroxylation sites is 1. The summed E-state index contributed by atoms with van der Waals surface area (Å²) in [5.41, 5.74) is 3.77. The maximum absolute atomic E-state index is 12.2. The van der Waals surface area contributed by atoms with Crippen molar-refractivity contribution < 1.29 is 24.2 Å². The Morgan fingerprint density at radius 2 is 1.76 bits per heavy atom. The first-order valence-corrected chi connectivity index (χ1v) is 12.0. The molecule has 33 heavy (non-hydrogen) atoms. The summed E-state index contributed by atoms with van der Waals surface area (Å²) in [4.78, 5) is 25.2.